The Morgan fingerprint density at radius 1 is 1.24 bits per heavy atom. The Bertz CT molecular complexity index is 1290. The van der Waals surface area contributed by atoms with Crippen LogP contribution in [0.15, 0.2) is 39.5 Å². The van der Waals surface area contributed by atoms with Crippen molar-refractivity contribution in [3.63, 3.8) is 0 Å². The third kappa shape index (κ3) is 3.45. The van der Waals surface area contributed by atoms with Crippen LogP contribution in [0.2, 0.25) is 5.02 Å². The van der Waals surface area contributed by atoms with Gasteiger partial charge in [-0.25, -0.2) is 9.19 Å². The van der Waals surface area contributed by atoms with Crippen molar-refractivity contribution in [3.05, 3.63) is 62.4 Å². The average molecular weight is 428 g/mol. The second-order valence-electron chi connectivity index (χ2n) is 8.38. The van der Waals surface area contributed by atoms with Crippen LogP contribution < -0.4 is 5.56 Å². The van der Waals surface area contributed by atoms with E-state index in [0.29, 0.717) is 34.0 Å². The van der Waals surface area contributed by atoms with Gasteiger partial charge in [-0.15, -0.1) is 0 Å². The summed E-state index contributed by atoms with van der Waals surface area (Å²) in [5.41, 5.74) is 4.66. The highest BCUT2D eigenvalue weighted by atomic mass is 35.5. The van der Waals surface area contributed by atoms with E-state index in [1.165, 1.54) is 0 Å². The van der Waals surface area contributed by atoms with Gasteiger partial charge in [0.25, 0.3) is 5.56 Å². The second-order valence-corrected chi connectivity index (χ2v) is 10.7. The first kappa shape index (κ1) is 20.0. The molecule has 0 aliphatic carbocycles. The summed E-state index contributed by atoms with van der Waals surface area (Å²) in [6.07, 6.45) is 0. The summed E-state index contributed by atoms with van der Waals surface area (Å²) >= 11 is 6.13. The van der Waals surface area contributed by atoms with Gasteiger partial charge in [-0.2, -0.15) is 4.40 Å². The monoisotopic (exact) mass is 427 g/mol. The minimum atomic E-state index is -1.40. The summed E-state index contributed by atoms with van der Waals surface area (Å²) in [4.78, 5) is 18.1. The van der Waals surface area contributed by atoms with E-state index in [0.717, 1.165) is 22.3 Å². The lowest BCUT2D eigenvalue weighted by atomic mass is 10.0. The first-order valence-corrected chi connectivity index (χ1v) is 10.9. The van der Waals surface area contributed by atoms with Gasteiger partial charge in [0.15, 0.2) is 0 Å². The minimum absolute atomic E-state index is 0.0907. The van der Waals surface area contributed by atoms with E-state index in [1.807, 2.05) is 65.0 Å². The first-order valence-electron chi connectivity index (χ1n) is 9.38. The smallest absolute Gasteiger partial charge is 0.261 e. The molecule has 0 N–H and O–H groups in total. The van der Waals surface area contributed by atoms with Crippen molar-refractivity contribution in [3.8, 4) is 11.4 Å². The van der Waals surface area contributed by atoms with Crippen LogP contribution in [0, 0.1) is 6.92 Å². The number of hydrogen-bond acceptors (Lipinski definition) is 3. The molecule has 0 radical (unpaired) electrons. The van der Waals surface area contributed by atoms with Gasteiger partial charge in [0.2, 0.25) is 0 Å². The SMILES string of the molecule is C/C(=N\[S@](=O)C(C)(C)C)c1cc(C)cc2c(=O)n3c(nc12)-c1ccc(Cl)cc1C3. The first-order chi connectivity index (χ1) is 13.6. The molecule has 0 unspecified atom stereocenters. The Labute approximate surface area is 177 Å². The third-order valence-electron chi connectivity index (χ3n) is 4.97. The summed E-state index contributed by atoms with van der Waals surface area (Å²) < 4.78 is 18.2. The Morgan fingerprint density at radius 2 is 1.97 bits per heavy atom. The molecule has 150 valence electrons. The molecule has 0 fully saturated rings. The van der Waals surface area contributed by atoms with Crippen molar-refractivity contribution in [1.29, 1.82) is 0 Å². The zero-order chi connectivity index (χ0) is 21.1. The molecular weight excluding hydrogens is 406 g/mol. The van der Waals surface area contributed by atoms with Crippen LogP contribution in [0.4, 0.5) is 0 Å². The quantitative estimate of drug-likeness (QED) is 0.437. The highest BCUT2D eigenvalue weighted by molar-refractivity contribution is 7.85. The topological polar surface area (TPSA) is 64.3 Å². The van der Waals surface area contributed by atoms with Crippen LogP contribution >= 0.6 is 11.6 Å². The summed E-state index contributed by atoms with van der Waals surface area (Å²) in [5, 5.41) is 1.18. The lowest BCUT2D eigenvalue weighted by molar-refractivity contribution is 0.650. The zero-order valence-corrected chi connectivity index (χ0v) is 18.6. The third-order valence-corrected chi connectivity index (χ3v) is 6.70. The van der Waals surface area contributed by atoms with Gasteiger partial charge in [0.1, 0.15) is 16.8 Å². The number of benzene rings is 2. The molecule has 0 amide bonds. The van der Waals surface area contributed by atoms with Crippen LogP contribution in [-0.4, -0.2) is 24.2 Å². The van der Waals surface area contributed by atoms with Gasteiger partial charge < -0.3 is 0 Å². The Hall–Kier alpha value is -2.31. The maximum atomic E-state index is 13.3. The van der Waals surface area contributed by atoms with Gasteiger partial charge in [0, 0.05) is 16.1 Å². The molecule has 0 spiro atoms. The maximum Gasteiger partial charge on any atom is 0.261 e. The van der Waals surface area contributed by atoms with Crippen LogP contribution in [-0.2, 0) is 17.5 Å². The van der Waals surface area contributed by atoms with Crippen LogP contribution in [0.1, 0.15) is 44.4 Å². The van der Waals surface area contributed by atoms with E-state index in [9.17, 15) is 9.00 Å². The molecule has 7 heteroatoms. The van der Waals surface area contributed by atoms with E-state index >= 15 is 0 Å². The molecule has 0 saturated heterocycles. The predicted octanol–water partition coefficient (Wildman–Crippen LogP) is 4.66. The van der Waals surface area contributed by atoms with Crippen molar-refractivity contribution in [1.82, 2.24) is 9.55 Å². The molecule has 2 heterocycles. The fourth-order valence-electron chi connectivity index (χ4n) is 3.49. The number of rotatable bonds is 2. The number of nitrogens with zero attached hydrogens (tertiary/aromatic N) is 3. The molecule has 0 bridgehead atoms. The molecule has 1 aromatic heterocycles. The normalized spacial score (nSPS) is 14.8. The van der Waals surface area contributed by atoms with Crippen LogP contribution in [0.3, 0.4) is 0 Å². The summed E-state index contributed by atoms with van der Waals surface area (Å²) in [6, 6.07) is 9.38. The van der Waals surface area contributed by atoms with E-state index in [-0.39, 0.29) is 5.56 Å². The van der Waals surface area contributed by atoms with Gasteiger partial charge in [-0.3, -0.25) is 9.36 Å². The fraction of sp³-hybridized carbons (Fsp3) is 0.318. The highest BCUT2D eigenvalue weighted by Gasteiger charge is 2.25. The average Bonchev–Trinajstić information content (AvgIpc) is 2.99. The van der Waals surface area contributed by atoms with Gasteiger partial charge in [-0.1, -0.05) is 11.6 Å². The predicted molar refractivity (Wildman–Crippen MR) is 120 cm³/mol. The van der Waals surface area contributed by atoms with E-state index in [1.54, 1.807) is 4.57 Å². The lowest BCUT2D eigenvalue weighted by Gasteiger charge is -2.15. The molecule has 1 aliphatic rings. The molecule has 2 aromatic carbocycles. The molecular formula is C22H22ClN3O2S. The van der Waals surface area contributed by atoms with Crippen LogP contribution in [0.5, 0.6) is 0 Å². The number of aromatic nitrogens is 2. The molecule has 1 aliphatic heterocycles. The largest absolute Gasteiger partial charge is 0.288 e. The van der Waals surface area contributed by atoms with E-state index in [2.05, 4.69) is 4.40 Å². The minimum Gasteiger partial charge on any atom is -0.288 e. The lowest BCUT2D eigenvalue weighted by Crippen LogP contribution is -2.22. The van der Waals surface area contributed by atoms with Gasteiger partial charge in [-0.05, 0) is 76.1 Å². The van der Waals surface area contributed by atoms with E-state index in [4.69, 9.17) is 16.6 Å². The number of hydrogen-bond donors (Lipinski definition) is 0. The van der Waals surface area contributed by atoms with Crippen molar-refractivity contribution in [2.75, 3.05) is 0 Å². The van der Waals surface area contributed by atoms with E-state index < -0.39 is 15.7 Å². The number of halogens is 1. The summed E-state index contributed by atoms with van der Waals surface area (Å²) in [6.45, 7) is 9.85. The van der Waals surface area contributed by atoms with Crippen molar-refractivity contribution in [2.24, 2.45) is 4.40 Å². The summed E-state index contributed by atoms with van der Waals surface area (Å²) in [7, 11) is -1.40. The Balaban J connectivity index is 1.99. The standard InChI is InChI=1S/C22H22ClN3O2S/c1-12-8-17(13(2)25-29(28)22(3,4)5)19-18(9-12)21(27)26-11-14-10-15(23)6-7-16(14)20(26)24-19/h6-10H,11H2,1-5H3/b25-13+/t29-/m1/s1. The zero-order valence-electron chi connectivity index (χ0n) is 17.0. The molecule has 3 aromatic rings. The van der Waals surface area contributed by atoms with Gasteiger partial charge in [0.05, 0.1) is 27.9 Å². The fourth-order valence-corrected chi connectivity index (χ4v) is 4.31. The Kier molecular flexibility index (Phi) is 4.74. The molecule has 0 saturated carbocycles. The Morgan fingerprint density at radius 3 is 2.66 bits per heavy atom. The maximum absolute atomic E-state index is 13.3. The number of fused-ring (bicyclic) bond motifs is 4. The summed E-state index contributed by atoms with van der Waals surface area (Å²) in [5.74, 6) is 0.629. The van der Waals surface area contributed by atoms with Crippen molar-refractivity contribution >= 4 is 39.2 Å². The second kappa shape index (κ2) is 6.89. The van der Waals surface area contributed by atoms with Crippen molar-refractivity contribution < 1.29 is 4.21 Å². The van der Waals surface area contributed by atoms with Gasteiger partial charge >= 0.3 is 0 Å². The molecule has 5 nitrogen and oxygen atoms in total. The van der Waals surface area contributed by atoms with Crippen molar-refractivity contribution in [2.45, 2.75) is 45.9 Å². The highest BCUT2D eigenvalue weighted by Crippen LogP contribution is 2.32. The molecule has 1 atom stereocenters. The molecule has 4 rings (SSSR count). The molecule has 29 heavy (non-hydrogen) atoms. The van der Waals surface area contributed by atoms with Crippen LogP contribution in [0.25, 0.3) is 22.3 Å². The number of aryl methyl sites for hydroxylation is 1.